The molecule has 0 amide bonds. The van der Waals surface area contributed by atoms with E-state index in [-0.39, 0.29) is 6.10 Å². The van der Waals surface area contributed by atoms with Crippen molar-refractivity contribution in [1.29, 1.82) is 0 Å². The van der Waals surface area contributed by atoms with Crippen LogP contribution in [0.1, 0.15) is 55.6 Å². The zero-order valence-corrected chi connectivity index (χ0v) is 13.2. The maximum Gasteiger partial charge on any atom is 0.216 e. The molecule has 7 heteroatoms. The summed E-state index contributed by atoms with van der Waals surface area (Å²) in [4.78, 5) is 0. The maximum absolute atomic E-state index is 5.82. The molecule has 116 valence electrons. The summed E-state index contributed by atoms with van der Waals surface area (Å²) in [6, 6.07) is 3.98. The molecule has 0 radical (unpaired) electrons. The fourth-order valence-electron chi connectivity index (χ4n) is 2.88. The van der Waals surface area contributed by atoms with Crippen molar-refractivity contribution in [1.82, 2.24) is 14.9 Å². The predicted octanol–water partition coefficient (Wildman–Crippen LogP) is 3.39. The number of aromatic amines is 1. The predicted molar refractivity (Wildman–Crippen MR) is 83.6 cm³/mol. The second-order valence-corrected chi connectivity index (χ2v) is 6.39. The van der Waals surface area contributed by atoms with Gasteiger partial charge in [-0.05, 0) is 49.5 Å². The Hall–Kier alpha value is -1.73. The van der Waals surface area contributed by atoms with Gasteiger partial charge in [0, 0.05) is 12.5 Å². The molecule has 2 aromatic rings. The molecule has 2 aliphatic rings. The van der Waals surface area contributed by atoms with E-state index in [1.807, 2.05) is 12.1 Å². The number of hydrogen-bond donors (Lipinski definition) is 1. The number of aromatic nitrogens is 3. The summed E-state index contributed by atoms with van der Waals surface area (Å²) in [6.07, 6.45) is 4.83. The van der Waals surface area contributed by atoms with E-state index in [9.17, 15) is 0 Å². The molecule has 0 unspecified atom stereocenters. The summed E-state index contributed by atoms with van der Waals surface area (Å²) in [5, 5.41) is 11.4. The lowest BCUT2D eigenvalue weighted by atomic mass is 10.2. The fraction of sp³-hybridized carbons (Fsp3) is 0.533. The highest BCUT2D eigenvalue weighted by atomic mass is 32.1. The lowest BCUT2D eigenvalue weighted by Crippen LogP contribution is -2.05. The average Bonchev–Trinajstić information content (AvgIpc) is 2.99. The molecule has 22 heavy (non-hydrogen) atoms. The Balaban J connectivity index is 1.56. The lowest BCUT2D eigenvalue weighted by Gasteiger charge is -2.06. The van der Waals surface area contributed by atoms with Gasteiger partial charge in [-0.3, -0.25) is 5.10 Å². The fourth-order valence-corrected chi connectivity index (χ4v) is 3.06. The van der Waals surface area contributed by atoms with Gasteiger partial charge in [-0.25, -0.2) is 0 Å². The van der Waals surface area contributed by atoms with Crippen molar-refractivity contribution in [3.8, 4) is 0 Å². The summed E-state index contributed by atoms with van der Waals surface area (Å²) < 4.78 is 13.6. The Morgan fingerprint density at radius 1 is 1.50 bits per heavy atom. The van der Waals surface area contributed by atoms with Gasteiger partial charge >= 0.3 is 0 Å². The second kappa shape index (κ2) is 5.48. The third kappa shape index (κ3) is 2.55. The summed E-state index contributed by atoms with van der Waals surface area (Å²) >= 11 is 5.24. The van der Waals surface area contributed by atoms with Gasteiger partial charge in [-0.1, -0.05) is 6.92 Å². The number of H-pyrrole nitrogens is 1. The molecule has 3 heterocycles. The van der Waals surface area contributed by atoms with Gasteiger partial charge in [-0.15, -0.1) is 0 Å². The van der Waals surface area contributed by atoms with Crippen molar-refractivity contribution in [3.63, 3.8) is 0 Å². The van der Waals surface area contributed by atoms with Gasteiger partial charge in [0.2, 0.25) is 4.77 Å². The largest absolute Gasteiger partial charge is 0.460 e. The molecule has 1 saturated carbocycles. The van der Waals surface area contributed by atoms with Crippen LogP contribution in [0.4, 0.5) is 0 Å². The van der Waals surface area contributed by atoms with Gasteiger partial charge < -0.3 is 9.15 Å². The maximum atomic E-state index is 5.82. The molecule has 2 aromatic heterocycles. The van der Waals surface area contributed by atoms with Crippen molar-refractivity contribution >= 4 is 18.4 Å². The van der Waals surface area contributed by atoms with Crippen LogP contribution in [-0.2, 0) is 4.74 Å². The highest BCUT2D eigenvalue weighted by Crippen LogP contribution is 2.47. The molecule has 0 spiro atoms. The molecule has 4 rings (SSSR count). The Morgan fingerprint density at radius 2 is 2.36 bits per heavy atom. The Labute approximate surface area is 133 Å². The molecule has 3 atom stereocenters. The van der Waals surface area contributed by atoms with E-state index >= 15 is 0 Å². The van der Waals surface area contributed by atoms with Crippen LogP contribution in [0.5, 0.6) is 0 Å². The van der Waals surface area contributed by atoms with Crippen LogP contribution in [0.3, 0.4) is 0 Å². The van der Waals surface area contributed by atoms with Crippen LogP contribution in [0.25, 0.3) is 0 Å². The Kier molecular flexibility index (Phi) is 3.46. The standard InChI is InChI=1S/C15H18N4O2S/c1-9-7-11(9)12-5-4-10(21-12)8-16-19-14(17-18-15(19)22)13-3-2-6-20-13/h4-5,8-9,11,13H,2-3,6-7H2,1H3,(H,18,22)/b16-8-/t9-,11-,13-/m0/s1. The molecule has 1 saturated heterocycles. The quantitative estimate of drug-likeness (QED) is 0.693. The minimum absolute atomic E-state index is 0.0374. The minimum Gasteiger partial charge on any atom is -0.460 e. The summed E-state index contributed by atoms with van der Waals surface area (Å²) in [5.74, 6) is 3.80. The number of nitrogens with one attached hydrogen (secondary N) is 1. The van der Waals surface area contributed by atoms with Crippen LogP contribution >= 0.6 is 12.2 Å². The van der Waals surface area contributed by atoms with E-state index in [0.717, 1.165) is 42.7 Å². The van der Waals surface area contributed by atoms with E-state index in [2.05, 4.69) is 22.2 Å². The zero-order chi connectivity index (χ0) is 15.1. The first-order chi connectivity index (χ1) is 10.7. The number of ether oxygens (including phenoxy) is 1. The average molecular weight is 318 g/mol. The van der Waals surface area contributed by atoms with E-state index in [1.165, 1.54) is 6.42 Å². The SMILES string of the molecule is C[C@H]1C[C@@H]1c1ccc(/C=N\n2c([C@@H]3CCCO3)n[nH]c2=S)o1. The van der Waals surface area contributed by atoms with Gasteiger partial charge in [0.1, 0.15) is 17.6 Å². The summed E-state index contributed by atoms with van der Waals surface area (Å²) in [7, 11) is 0. The molecule has 2 fully saturated rings. The van der Waals surface area contributed by atoms with Crippen LogP contribution < -0.4 is 0 Å². The third-order valence-electron chi connectivity index (χ3n) is 4.32. The van der Waals surface area contributed by atoms with E-state index in [1.54, 1.807) is 10.9 Å². The van der Waals surface area contributed by atoms with Gasteiger partial charge in [0.05, 0.1) is 6.21 Å². The smallest absolute Gasteiger partial charge is 0.216 e. The molecular weight excluding hydrogens is 300 g/mol. The highest BCUT2D eigenvalue weighted by molar-refractivity contribution is 7.71. The Morgan fingerprint density at radius 3 is 3.09 bits per heavy atom. The van der Waals surface area contributed by atoms with E-state index < -0.39 is 0 Å². The third-order valence-corrected chi connectivity index (χ3v) is 4.58. The van der Waals surface area contributed by atoms with Crippen molar-refractivity contribution in [2.45, 2.75) is 38.2 Å². The normalized spacial score (nSPS) is 27.8. The first-order valence-electron chi connectivity index (χ1n) is 7.65. The van der Waals surface area contributed by atoms with Gasteiger partial charge in [0.15, 0.2) is 5.82 Å². The molecule has 1 aliphatic carbocycles. The van der Waals surface area contributed by atoms with Gasteiger partial charge in [-0.2, -0.15) is 14.9 Å². The second-order valence-electron chi connectivity index (χ2n) is 6.00. The molecule has 6 nitrogen and oxygen atoms in total. The molecular formula is C15H18N4O2S. The monoisotopic (exact) mass is 318 g/mol. The minimum atomic E-state index is -0.0374. The number of rotatable bonds is 4. The first kappa shape index (κ1) is 13.9. The molecule has 1 aliphatic heterocycles. The zero-order valence-electron chi connectivity index (χ0n) is 12.4. The van der Waals surface area contributed by atoms with E-state index in [4.69, 9.17) is 21.4 Å². The molecule has 0 aromatic carbocycles. The van der Waals surface area contributed by atoms with Crippen LogP contribution in [0.15, 0.2) is 21.7 Å². The topological polar surface area (TPSA) is 68.3 Å². The van der Waals surface area contributed by atoms with Crippen LogP contribution in [0.2, 0.25) is 0 Å². The molecule has 1 N–H and O–H groups in total. The van der Waals surface area contributed by atoms with Crippen molar-refractivity contribution in [2.24, 2.45) is 11.0 Å². The summed E-state index contributed by atoms with van der Waals surface area (Å²) in [5.41, 5.74) is 0. The Bertz CT molecular complexity index is 754. The lowest BCUT2D eigenvalue weighted by molar-refractivity contribution is 0.102. The van der Waals surface area contributed by atoms with Gasteiger partial charge in [0.25, 0.3) is 0 Å². The number of furan rings is 1. The highest BCUT2D eigenvalue weighted by Gasteiger charge is 2.36. The first-order valence-corrected chi connectivity index (χ1v) is 8.06. The van der Waals surface area contributed by atoms with E-state index in [0.29, 0.717) is 10.7 Å². The van der Waals surface area contributed by atoms with Crippen molar-refractivity contribution < 1.29 is 9.15 Å². The number of nitrogens with zero attached hydrogens (tertiary/aromatic N) is 3. The van der Waals surface area contributed by atoms with Crippen LogP contribution in [0, 0.1) is 10.7 Å². The number of hydrogen-bond acceptors (Lipinski definition) is 5. The van der Waals surface area contributed by atoms with Crippen molar-refractivity contribution in [2.75, 3.05) is 6.61 Å². The van der Waals surface area contributed by atoms with Crippen molar-refractivity contribution in [3.05, 3.63) is 34.2 Å². The van der Waals surface area contributed by atoms with Crippen LogP contribution in [-0.4, -0.2) is 27.7 Å². The summed E-state index contributed by atoms with van der Waals surface area (Å²) in [6.45, 7) is 2.99. The molecule has 0 bridgehead atoms.